The SMILES string of the molecule is CC(=O)O[C@H]1C(=O)C2C3OC(=O)C4=C3[C@@](C)(CCC4)CC[C@]2(C)[C@H]1C(C)C. The Balaban J connectivity index is 1.86. The summed E-state index contributed by atoms with van der Waals surface area (Å²) < 4.78 is 11.4. The number of fused-ring (bicyclic) bond motifs is 2. The summed E-state index contributed by atoms with van der Waals surface area (Å²) in [7, 11) is 0. The Morgan fingerprint density at radius 1 is 1.19 bits per heavy atom. The Bertz CT molecular complexity index is 750. The maximum Gasteiger partial charge on any atom is 0.334 e. The number of hydrogen-bond acceptors (Lipinski definition) is 5. The molecule has 5 heteroatoms. The van der Waals surface area contributed by atoms with E-state index in [0.29, 0.717) is 0 Å². The van der Waals surface area contributed by atoms with Crippen LogP contribution in [0.3, 0.4) is 0 Å². The minimum absolute atomic E-state index is 0.0622. The smallest absolute Gasteiger partial charge is 0.334 e. The number of hydrogen-bond donors (Lipinski definition) is 0. The zero-order valence-electron chi connectivity index (χ0n) is 17.0. The predicted molar refractivity (Wildman–Crippen MR) is 98.6 cm³/mol. The van der Waals surface area contributed by atoms with Crippen molar-refractivity contribution < 1.29 is 23.9 Å². The average Bonchev–Trinajstić information content (AvgIpc) is 2.96. The topological polar surface area (TPSA) is 69.7 Å². The lowest BCUT2D eigenvalue weighted by Crippen LogP contribution is -2.40. The van der Waals surface area contributed by atoms with Crippen LogP contribution in [0.5, 0.6) is 0 Å². The quantitative estimate of drug-likeness (QED) is 0.691. The van der Waals surface area contributed by atoms with Gasteiger partial charge in [-0.15, -0.1) is 0 Å². The minimum Gasteiger partial charge on any atom is -0.454 e. The number of ketones is 1. The molecule has 0 amide bonds. The van der Waals surface area contributed by atoms with Gasteiger partial charge in [0.25, 0.3) is 0 Å². The van der Waals surface area contributed by atoms with E-state index in [1.807, 2.05) is 0 Å². The third-order valence-corrected chi connectivity index (χ3v) is 7.81. The van der Waals surface area contributed by atoms with Gasteiger partial charge in [-0.1, -0.05) is 27.7 Å². The van der Waals surface area contributed by atoms with Crippen molar-refractivity contribution in [2.75, 3.05) is 0 Å². The van der Waals surface area contributed by atoms with Gasteiger partial charge in [0.05, 0.1) is 5.92 Å². The molecule has 2 unspecified atom stereocenters. The van der Waals surface area contributed by atoms with Crippen LogP contribution in [0, 0.1) is 28.6 Å². The molecule has 0 N–H and O–H groups in total. The zero-order chi connectivity index (χ0) is 19.7. The van der Waals surface area contributed by atoms with Crippen LogP contribution in [0.15, 0.2) is 11.1 Å². The molecule has 0 aromatic rings. The molecule has 148 valence electrons. The van der Waals surface area contributed by atoms with Gasteiger partial charge in [-0.3, -0.25) is 9.59 Å². The Kier molecular flexibility index (Phi) is 4.10. The van der Waals surface area contributed by atoms with Crippen LogP contribution < -0.4 is 0 Å². The standard InChI is InChI=1S/C22H30O5/c1-11(2)14-19(26-12(3)23)17(24)16-18-15-13(20(25)27-18)7-6-8-21(15,4)9-10-22(14,16)5/h11,14,16,18-19H,6-10H2,1-5H3/t14-,16?,18?,19+,21-,22+/m0/s1. The van der Waals surface area contributed by atoms with E-state index in [-0.39, 0.29) is 34.4 Å². The third-order valence-electron chi connectivity index (χ3n) is 7.81. The highest BCUT2D eigenvalue weighted by molar-refractivity contribution is 5.97. The van der Waals surface area contributed by atoms with Gasteiger partial charge in [0.2, 0.25) is 0 Å². The summed E-state index contributed by atoms with van der Waals surface area (Å²) in [6, 6.07) is 0. The lowest BCUT2D eigenvalue weighted by atomic mass is 9.66. The van der Waals surface area contributed by atoms with E-state index < -0.39 is 24.1 Å². The third kappa shape index (κ3) is 2.46. The predicted octanol–water partition coefficient (Wildman–Crippen LogP) is 3.60. The van der Waals surface area contributed by atoms with Crippen molar-refractivity contribution in [2.24, 2.45) is 28.6 Å². The summed E-state index contributed by atoms with van der Waals surface area (Å²) in [5, 5.41) is 0. The van der Waals surface area contributed by atoms with Gasteiger partial charge < -0.3 is 9.47 Å². The molecule has 0 spiro atoms. The van der Waals surface area contributed by atoms with E-state index in [9.17, 15) is 14.4 Å². The van der Waals surface area contributed by atoms with Crippen molar-refractivity contribution in [2.45, 2.75) is 78.9 Å². The Hall–Kier alpha value is -1.65. The Morgan fingerprint density at radius 2 is 1.89 bits per heavy atom. The lowest BCUT2D eigenvalue weighted by molar-refractivity contribution is -0.156. The highest BCUT2D eigenvalue weighted by Gasteiger charge is 2.67. The van der Waals surface area contributed by atoms with Crippen molar-refractivity contribution in [3.8, 4) is 0 Å². The van der Waals surface area contributed by atoms with Gasteiger partial charge in [-0.05, 0) is 54.4 Å². The lowest BCUT2D eigenvalue weighted by Gasteiger charge is -2.39. The summed E-state index contributed by atoms with van der Waals surface area (Å²) in [5.41, 5.74) is 1.46. The maximum absolute atomic E-state index is 13.5. The molecule has 4 aliphatic rings. The van der Waals surface area contributed by atoms with Crippen molar-refractivity contribution in [1.29, 1.82) is 0 Å². The first-order valence-corrected chi connectivity index (χ1v) is 10.3. The molecular formula is C22H30O5. The fraction of sp³-hybridized carbons (Fsp3) is 0.773. The number of ether oxygens (including phenoxy) is 2. The molecule has 2 saturated carbocycles. The molecule has 0 bridgehead atoms. The van der Waals surface area contributed by atoms with Gasteiger partial charge in [0.1, 0.15) is 6.10 Å². The number of carbonyl (C=O) groups is 3. The molecule has 2 fully saturated rings. The first-order chi connectivity index (χ1) is 12.6. The molecule has 27 heavy (non-hydrogen) atoms. The molecule has 0 aromatic carbocycles. The van der Waals surface area contributed by atoms with Crippen LogP contribution in [-0.4, -0.2) is 29.9 Å². The summed E-state index contributed by atoms with van der Waals surface area (Å²) in [4.78, 5) is 37.8. The normalized spacial score (nSPS) is 43.3. The van der Waals surface area contributed by atoms with Crippen LogP contribution in [0.2, 0.25) is 0 Å². The second-order valence-corrected chi connectivity index (χ2v) is 9.82. The van der Waals surface area contributed by atoms with Gasteiger partial charge in [-0.25, -0.2) is 4.79 Å². The average molecular weight is 374 g/mol. The largest absolute Gasteiger partial charge is 0.454 e. The van der Waals surface area contributed by atoms with E-state index in [0.717, 1.165) is 43.3 Å². The highest BCUT2D eigenvalue weighted by atomic mass is 16.6. The second-order valence-electron chi connectivity index (χ2n) is 9.82. The van der Waals surface area contributed by atoms with Crippen LogP contribution >= 0.6 is 0 Å². The van der Waals surface area contributed by atoms with Crippen LogP contribution in [-0.2, 0) is 23.9 Å². The van der Waals surface area contributed by atoms with E-state index in [2.05, 4.69) is 27.7 Å². The fourth-order valence-corrected chi connectivity index (χ4v) is 6.77. The fourth-order valence-electron chi connectivity index (χ4n) is 6.77. The van der Waals surface area contributed by atoms with Crippen LogP contribution in [0.4, 0.5) is 0 Å². The molecule has 0 saturated heterocycles. The summed E-state index contributed by atoms with van der Waals surface area (Å²) >= 11 is 0. The first-order valence-electron chi connectivity index (χ1n) is 10.3. The molecule has 3 aliphatic carbocycles. The second kappa shape index (κ2) is 5.92. The van der Waals surface area contributed by atoms with E-state index in [1.54, 1.807) is 0 Å². The molecular weight excluding hydrogens is 344 g/mol. The molecule has 0 radical (unpaired) electrons. The Morgan fingerprint density at radius 3 is 2.52 bits per heavy atom. The highest BCUT2D eigenvalue weighted by Crippen LogP contribution is 2.63. The zero-order valence-corrected chi connectivity index (χ0v) is 17.0. The van der Waals surface area contributed by atoms with Gasteiger partial charge in [-0.2, -0.15) is 0 Å². The van der Waals surface area contributed by atoms with Crippen molar-refractivity contribution in [3.63, 3.8) is 0 Å². The van der Waals surface area contributed by atoms with Crippen LogP contribution in [0.25, 0.3) is 0 Å². The number of esters is 2. The van der Waals surface area contributed by atoms with Crippen molar-refractivity contribution >= 4 is 17.7 Å². The molecule has 6 atom stereocenters. The van der Waals surface area contributed by atoms with Crippen molar-refractivity contribution in [1.82, 2.24) is 0 Å². The van der Waals surface area contributed by atoms with Gasteiger partial charge >= 0.3 is 11.9 Å². The van der Waals surface area contributed by atoms with E-state index in [4.69, 9.17) is 9.47 Å². The number of rotatable bonds is 2. The molecule has 0 aromatic heterocycles. The maximum atomic E-state index is 13.5. The minimum atomic E-state index is -0.742. The van der Waals surface area contributed by atoms with E-state index in [1.165, 1.54) is 6.92 Å². The molecule has 1 aliphatic heterocycles. The molecule has 1 heterocycles. The van der Waals surface area contributed by atoms with Crippen molar-refractivity contribution in [3.05, 3.63) is 11.1 Å². The summed E-state index contributed by atoms with van der Waals surface area (Å²) in [6.07, 6.45) is 3.37. The Labute approximate surface area is 160 Å². The molecule has 4 rings (SSSR count). The first kappa shape index (κ1) is 18.7. The van der Waals surface area contributed by atoms with Crippen LogP contribution in [0.1, 0.15) is 66.7 Å². The van der Waals surface area contributed by atoms with E-state index >= 15 is 0 Å². The monoisotopic (exact) mass is 374 g/mol. The molecule has 5 nitrogen and oxygen atoms in total. The summed E-state index contributed by atoms with van der Waals surface area (Å²) in [5.74, 6) is -1.03. The number of Topliss-reactive ketones (excluding diaryl/α,β-unsaturated/α-hetero) is 1. The number of carbonyl (C=O) groups excluding carboxylic acids is 3. The van der Waals surface area contributed by atoms with Gasteiger partial charge in [0.15, 0.2) is 11.9 Å². The summed E-state index contributed by atoms with van der Waals surface area (Å²) in [6.45, 7) is 9.92. The van der Waals surface area contributed by atoms with Gasteiger partial charge in [0, 0.05) is 18.4 Å².